The second-order valence-electron chi connectivity index (χ2n) is 7.25. The number of carbonyl (C=O) groups is 1. The standard InChI is InChI=1S/C21H24FN3O2/c22-19-8-3-10-23-20(19)27-12-9-16-13-24-11-4-7-18(24)15-25(14-16)21(26)17-5-1-2-6-17/h3-5,7-8,10-11,16H,1-2,6,9,12-15H2/t16-/m0/s1. The van der Waals surface area contributed by atoms with Gasteiger partial charge in [0.25, 0.3) is 0 Å². The third kappa shape index (κ3) is 4.04. The Morgan fingerprint density at radius 3 is 3.04 bits per heavy atom. The Balaban J connectivity index is 1.43. The van der Waals surface area contributed by atoms with Crippen molar-refractivity contribution in [2.75, 3.05) is 13.2 Å². The van der Waals surface area contributed by atoms with E-state index in [0.717, 1.165) is 43.5 Å². The molecule has 6 heteroatoms. The molecule has 2 aromatic rings. The van der Waals surface area contributed by atoms with Crippen molar-refractivity contribution in [2.45, 2.75) is 38.8 Å². The molecule has 0 saturated carbocycles. The molecule has 0 unspecified atom stereocenters. The molecule has 4 rings (SSSR count). The fraction of sp³-hybridized carbons (Fsp3) is 0.429. The van der Waals surface area contributed by atoms with E-state index in [2.05, 4.69) is 27.9 Å². The second-order valence-corrected chi connectivity index (χ2v) is 7.25. The lowest BCUT2D eigenvalue weighted by molar-refractivity contribution is -0.128. The number of pyridine rings is 1. The Kier molecular flexibility index (Phi) is 5.23. The van der Waals surface area contributed by atoms with E-state index in [1.165, 1.54) is 12.3 Å². The van der Waals surface area contributed by atoms with Gasteiger partial charge in [0.1, 0.15) is 0 Å². The maximum atomic E-state index is 13.7. The number of fused-ring (bicyclic) bond motifs is 1. The van der Waals surface area contributed by atoms with Crippen molar-refractivity contribution < 1.29 is 13.9 Å². The minimum absolute atomic E-state index is 0.0387. The lowest BCUT2D eigenvalue weighted by Crippen LogP contribution is -2.35. The van der Waals surface area contributed by atoms with E-state index >= 15 is 0 Å². The molecule has 0 bridgehead atoms. The summed E-state index contributed by atoms with van der Waals surface area (Å²) in [5, 5.41) is 0. The number of amides is 1. The van der Waals surface area contributed by atoms with Crippen LogP contribution in [-0.4, -0.2) is 33.5 Å². The molecule has 2 aliphatic rings. The zero-order chi connectivity index (χ0) is 18.6. The van der Waals surface area contributed by atoms with Crippen LogP contribution in [0.25, 0.3) is 0 Å². The number of ether oxygens (including phenoxy) is 1. The molecule has 142 valence electrons. The third-order valence-electron chi connectivity index (χ3n) is 5.30. The highest BCUT2D eigenvalue weighted by Gasteiger charge is 2.27. The Bertz CT molecular complexity index is 845. The number of rotatable bonds is 5. The van der Waals surface area contributed by atoms with E-state index in [1.54, 1.807) is 6.07 Å². The monoisotopic (exact) mass is 369 g/mol. The van der Waals surface area contributed by atoms with Crippen LogP contribution in [0, 0.1) is 11.7 Å². The Hall–Kier alpha value is -2.63. The molecule has 0 aromatic carbocycles. The van der Waals surface area contributed by atoms with Gasteiger partial charge in [-0.05, 0) is 55.9 Å². The van der Waals surface area contributed by atoms with E-state index in [-0.39, 0.29) is 17.7 Å². The fourth-order valence-electron chi connectivity index (χ4n) is 3.88. The Morgan fingerprint density at radius 1 is 1.30 bits per heavy atom. The summed E-state index contributed by atoms with van der Waals surface area (Å²) in [6.07, 6.45) is 9.33. The van der Waals surface area contributed by atoms with Crippen LogP contribution in [-0.2, 0) is 17.9 Å². The van der Waals surface area contributed by atoms with Gasteiger partial charge in [0.15, 0.2) is 5.82 Å². The van der Waals surface area contributed by atoms with Gasteiger partial charge < -0.3 is 14.2 Å². The van der Waals surface area contributed by atoms with Crippen LogP contribution < -0.4 is 4.74 Å². The Morgan fingerprint density at radius 2 is 2.22 bits per heavy atom. The SMILES string of the molecule is O=C(C1=CCCC1)N1Cc2cccn2C[C@H](CCOc2ncccc2F)C1. The van der Waals surface area contributed by atoms with Gasteiger partial charge in [0.05, 0.1) is 13.2 Å². The zero-order valence-corrected chi connectivity index (χ0v) is 15.3. The van der Waals surface area contributed by atoms with E-state index in [0.29, 0.717) is 19.7 Å². The maximum absolute atomic E-state index is 13.7. The van der Waals surface area contributed by atoms with Crippen molar-refractivity contribution in [2.24, 2.45) is 5.92 Å². The molecule has 0 N–H and O–H groups in total. The minimum Gasteiger partial charge on any atom is -0.476 e. The highest BCUT2D eigenvalue weighted by Crippen LogP contribution is 2.25. The van der Waals surface area contributed by atoms with Crippen LogP contribution in [0.4, 0.5) is 4.39 Å². The number of allylic oxidation sites excluding steroid dienone is 1. The highest BCUT2D eigenvalue weighted by molar-refractivity contribution is 5.93. The summed E-state index contributed by atoms with van der Waals surface area (Å²) in [7, 11) is 0. The molecule has 1 atom stereocenters. The molecule has 0 saturated heterocycles. The number of nitrogens with zero attached hydrogens (tertiary/aromatic N) is 3. The van der Waals surface area contributed by atoms with Gasteiger partial charge in [-0.25, -0.2) is 9.37 Å². The molecule has 0 fully saturated rings. The molecular weight excluding hydrogens is 345 g/mol. The van der Waals surface area contributed by atoms with Crippen LogP contribution in [0.15, 0.2) is 48.3 Å². The van der Waals surface area contributed by atoms with Gasteiger partial charge in [0, 0.05) is 36.8 Å². The zero-order valence-electron chi connectivity index (χ0n) is 15.3. The predicted octanol–water partition coefficient (Wildman–Crippen LogP) is 3.56. The van der Waals surface area contributed by atoms with E-state index in [9.17, 15) is 9.18 Å². The summed E-state index contributed by atoms with van der Waals surface area (Å²) in [5.41, 5.74) is 2.10. The Labute approximate surface area is 158 Å². The number of carbonyl (C=O) groups excluding carboxylic acids is 1. The average molecular weight is 369 g/mol. The first kappa shape index (κ1) is 17.8. The number of halogens is 1. The third-order valence-corrected chi connectivity index (χ3v) is 5.30. The van der Waals surface area contributed by atoms with Gasteiger partial charge in [-0.15, -0.1) is 0 Å². The molecule has 1 amide bonds. The summed E-state index contributed by atoms with van der Waals surface area (Å²) >= 11 is 0. The van der Waals surface area contributed by atoms with Crippen LogP contribution in [0.2, 0.25) is 0 Å². The average Bonchev–Trinajstić information content (AvgIpc) is 3.32. The smallest absolute Gasteiger partial charge is 0.250 e. The minimum atomic E-state index is -0.448. The molecule has 27 heavy (non-hydrogen) atoms. The van der Waals surface area contributed by atoms with Crippen molar-refractivity contribution in [3.63, 3.8) is 0 Å². The molecule has 2 aromatic heterocycles. The van der Waals surface area contributed by atoms with Crippen molar-refractivity contribution in [1.82, 2.24) is 14.5 Å². The normalized spacial score (nSPS) is 19.4. The summed E-state index contributed by atoms with van der Waals surface area (Å²) in [6, 6.07) is 6.98. The van der Waals surface area contributed by atoms with Gasteiger partial charge >= 0.3 is 0 Å². The van der Waals surface area contributed by atoms with Gasteiger partial charge in [0.2, 0.25) is 11.8 Å². The van der Waals surface area contributed by atoms with E-state index in [1.807, 2.05) is 11.0 Å². The molecule has 0 spiro atoms. The van der Waals surface area contributed by atoms with Crippen molar-refractivity contribution in [1.29, 1.82) is 0 Å². The van der Waals surface area contributed by atoms with Crippen molar-refractivity contribution >= 4 is 5.91 Å². The van der Waals surface area contributed by atoms with Crippen molar-refractivity contribution in [3.8, 4) is 5.88 Å². The first-order chi connectivity index (χ1) is 13.2. The first-order valence-corrected chi connectivity index (χ1v) is 9.56. The summed E-state index contributed by atoms with van der Waals surface area (Å²) in [4.78, 5) is 18.8. The first-order valence-electron chi connectivity index (χ1n) is 9.56. The number of hydrogen-bond acceptors (Lipinski definition) is 3. The highest BCUT2D eigenvalue weighted by atomic mass is 19.1. The van der Waals surface area contributed by atoms with Gasteiger partial charge in [-0.2, -0.15) is 0 Å². The quantitative estimate of drug-likeness (QED) is 0.810. The lowest BCUT2D eigenvalue weighted by atomic mass is 10.0. The van der Waals surface area contributed by atoms with Gasteiger partial charge in [-0.1, -0.05) is 6.08 Å². The number of aromatic nitrogens is 2. The van der Waals surface area contributed by atoms with Crippen LogP contribution in [0.5, 0.6) is 5.88 Å². The molecule has 0 radical (unpaired) electrons. The molecule has 1 aliphatic carbocycles. The van der Waals surface area contributed by atoms with Gasteiger partial charge in [-0.3, -0.25) is 4.79 Å². The summed E-state index contributed by atoms with van der Waals surface area (Å²) in [5.74, 6) is -0.00642. The summed E-state index contributed by atoms with van der Waals surface area (Å²) in [6.45, 7) is 2.53. The molecule has 5 nitrogen and oxygen atoms in total. The molecular formula is C21H24FN3O2. The van der Waals surface area contributed by atoms with Crippen LogP contribution in [0.1, 0.15) is 31.4 Å². The molecule has 1 aliphatic heterocycles. The second kappa shape index (κ2) is 7.94. The fourth-order valence-corrected chi connectivity index (χ4v) is 3.88. The topological polar surface area (TPSA) is 47.4 Å². The van der Waals surface area contributed by atoms with Crippen molar-refractivity contribution in [3.05, 3.63) is 59.8 Å². The van der Waals surface area contributed by atoms with E-state index < -0.39 is 5.82 Å². The largest absolute Gasteiger partial charge is 0.476 e. The number of hydrogen-bond donors (Lipinski definition) is 0. The summed E-state index contributed by atoms with van der Waals surface area (Å²) < 4.78 is 21.4. The van der Waals surface area contributed by atoms with Crippen LogP contribution in [0.3, 0.4) is 0 Å². The van der Waals surface area contributed by atoms with E-state index in [4.69, 9.17) is 4.74 Å². The maximum Gasteiger partial charge on any atom is 0.250 e. The lowest BCUT2D eigenvalue weighted by Gasteiger charge is -2.25. The predicted molar refractivity (Wildman–Crippen MR) is 99.6 cm³/mol. The molecule has 3 heterocycles. The van der Waals surface area contributed by atoms with Crippen LogP contribution >= 0.6 is 0 Å².